The van der Waals surface area contributed by atoms with Gasteiger partial charge in [0.15, 0.2) is 0 Å². The zero-order valence-corrected chi connectivity index (χ0v) is 23.6. The van der Waals surface area contributed by atoms with E-state index >= 15 is 0 Å². The van der Waals surface area contributed by atoms with Crippen LogP contribution < -0.4 is 0 Å². The molecule has 4 aromatic heterocycles. The highest BCUT2D eigenvalue weighted by Crippen LogP contribution is 2.47. The van der Waals surface area contributed by atoms with Crippen LogP contribution in [0.25, 0.3) is 44.5 Å². The van der Waals surface area contributed by atoms with Gasteiger partial charge in [-0.05, 0) is 113 Å². The standard InChI is InChI=1S/C28H18S5.H3P/c1-3-23(19-7-11-29-15-19)27(21-9-13-31-17-21)25(5-1)33-26-6-2-4-24(20-8-12-30-16-20)28(26)22-10-14-32-18-22;/h1-18H;1H3. The number of thiophene rings is 4. The van der Waals surface area contributed by atoms with Gasteiger partial charge in [-0.15, -0.1) is 0 Å². The first-order valence-corrected chi connectivity index (χ1v) is 15.0. The molecule has 0 aliphatic rings. The minimum absolute atomic E-state index is 0. The van der Waals surface area contributed by atoms with Crippen molar-refractivity contribution in [3.05, 3.63) is 104 Å². The van der Waals surface area contributed by atoms with Gasteiger partial charge in [0, 0.05) is 20.9 Å². The maximum Gasteiger partial charge on any atom is 0.0207 e. The molecule has 0 fully saturated rings. The zero-order chi connectivity index (χ0) is 22.0. The predicted molar refractivity (Wildman–Crippen MR) is 161 cm³/mol. The summed E-state index contributed by atoms with van der Waals surface area (Å²) in [6.07, 6.45) is 0. The van der Waals surface area contributed by atoms with E-state index in [0.29, 0.717) is 0 Å². The third kappa shape index (κ3) is 4.61. The number of hydrogen-bond acceptors (Lipinski definition) is 5. The molecule has 0 aliphatic heterocycles. The van der Waals surface area contributed by atoms with Gasteiger partial charge in [0.2, 0.25) is 0 Å². The van der Waals surface area contributed by atoms with E-state index in [1.807, 2.05) is 11.8 Å². The first kappa shape index (κ1) is 23.7. The second-order valence-electron chi connectivity index (χ2n) is 7.51. The van der Waals surface area contributed by atoms with Crippen molar-refractivity contribution in [3.63, 3.8) is 0 Å². The highest BCUT2D eigenvalue weighted by atomic mass is 32.2. The number of hydrogen-bond donors (Lipinski definition) is 0. The Morgan fingerprint density at radius 1 is 0.441 bits per heavy atom. The van der Waals surface area contributed by atoms with Crippen molar-refractivity contribution in [2.24, 2.45) is 0 Å². The van der Waals surface area contributed by atoms with Gasteiger partial charge in [-0.25, -0.2) is 0 Å². The minimum Gasteiger partial charge on any atom is -0.153 e. The molecule has 2 aromatic carbocycles. The van der Waals surface area contributed by atoms with Crippen molar-refractivity contribution in [2.75, 3.05) is 0 Å². The van der Waals surface area contributed by atoms with Crippen LogP contribution >= 0.6 is 67.0 Å². The summed E-state index contributed by atoms with van der Waals surface area (Å²) in [4.78, 5) is 2.58. The van der Waals surface area contributed by atoms with Crippen molar-refractivity contribution in [1.82, 2.24) is 0 Å². The molecule has 0 nitrogen and oxygen atoms in total. The number of benzene rings is 2. The Hall–Kier alpha value is -1.98. The second-order valence-corrected chi connectivity index (χ2v) is 11.7. The molecule has 6 rings (SSSR count). The molecule has 0 amide bonds. The van der Waals surface area contributed by atoms with Crippen LogP contribution in [0, 0.1) is 0 Å². The third-order valence-electron chi connectivity index (χ3n) is 5.56. The van der Waals surface area contributed by atoms with Crippen molar-refractivity contribution >= 4 is 67.0 Å². The summed E-state index contributed by atoms with van der Waals surface area (Å²) in [6.45, 7) is 0. The maximum absolute atomic E-state index is 2.27. The Balaban J connectivity index is 0.00000241. The topological polar surface area (TPSA) is 0 Å². The molecular formula is C28H21PS5. The normalized spacial score (nSPS) is 10.8. The fraction of sp³-hybridized carbons (Fsp3) is 0. The largest absolute Gasteiger partial charge is 0.153 e. The Morgan fingerprint density at radius 3 is 1.18 bits per heavy atom. The van der Waals surface area contributed by atoms with Crippen molar-refractivity contribution < 1.29 is 0 Å². The Morgan fingerprint density at radius 2 is 0.824 bits per heavy atom. The molecule has 4 heterocycles. The summed E-state index contributed by atoms with van der Waals surface area (Å²) >= 11 is 8.88. The van der Waals surface area contributed by atoms with Crippen molar-refractivity contribution in [1.29, 1.82) is 0 Å². The van der Waals surface area contributed by atoms with E-state index in [2.05, 4.69) is 104 Å². The van der Waals surface area contributed by atoms with Crippen molar-refractivity contribution in [2.45, 2.75) is 9.79 Å². The van der Waals surface area contributed by atoms with Crippen LogP contribution in [-0.4, -0.2) is 0 Å². The average molecular weight is 549 g/mol. The van der Waals surface area contributed by atoms with Gasteiger partial charge in [-0.3, -0.25) is 0 Å². The lowest BCUT2D eigenvalue weighted by Gasteiger charge is -2.17. The third-order valence-corrected chi connectivity index (χ3v) is 9.41. The Labute approximate surface area is 223 Å². The van der Waals surface area contributed by atoms with E-state index in [4.69, 9.17) is 0 Å². The smallest absolute Gasteiger partial charge is 0.0207 e. The lowest BCUT2D eigenvalue weighted by atomic mass is 9.98. The maximum atomic E-state index is 2.27. The van der Waals surface area contributed by atoms with E-state index in [0.717, 1.165) is 0 Å². The van der Waals surface area contributed by atoms with E-state index in [1.54, 1.807) is 45.3 Å². The summed E-state index contributed by atoms with van der Waals surface area (Å²) in [5.41, 5.74) is 10.4. The van der Waals surface area contributed by atoms with E-state index in [9.17, 15) is 0 Å². The van der Waals surface area contributed by atoms with Gasteiger partial charge >= 0.3 is 0 Å². The summed E-state index contributed by atoms with van der Waals surface area (Å²) in [5, 5.41) is 17.7. The van der Waals surface area contributed by atoms with Crippen LogP contribution in [0.1, 0.15) is 0 Å². The zero-order valence-electron chi connectivity index (χ0n) is 18.1. The lowest BCUT2D eigenvalue weighted by Crippen LogP contribution is -1.89. The molecule has 34 heavy (non-hydrogen) atoms. The first-order valence-electron chi connectivity index (χ1n) is 10.4. The van der Waals surface area contributed by atoms with Gasteiger partial charge in [-0.2, -0.15) is 55.2 Å². The highest BCUT2D eigenvalue weighted by molar-refractivity contribution is 7.99. The molecule has 0 spiro atoms. The molecule has 0 saturated heterocycles. The summed E-state index contributed by atoms with van der Waals surface area (Å²) in [6, 6.07) is 22.3. The second kappa shape index (κ2) is 10.7. The van der Waals surface area contributed by atoms with Gasteiger partial charge in [0.25, 0.3) is 0 Å². The van der Waals surface area contributed by atoms with Gasteiger partial charge < -0.3 is 0 Å². The molecule has 0 aliphatic carbocycles. The van der Waals surface area contributed by atoms with E-state index < -0.39 is 0 Å². The highest BCUT2D eigenvalue weighted by Gasteiger charge is 2.18. The van der Waals surface area contributed by atoms with Crippen LogP contribution in [-0.2, 0) is 0 Å². The fourth-order valence-electron chi connectivity index (χ4n) is 4.08. The van der Waals surface area contributed by atoms with Crippen LogP contribution in [0.2, 0.25) is 0 Å². The van der Waals surface area contributed by atoms with Gasteiger partial charge in [-0.1, -0.05) is 36.0 Å². The SMILES string of the molecule is P.c1cc(Sc2cccc(-c3ccsc3)c2-c2ccsc2)c(-c2ccsc2)c(-c2ccsc2)c1. The molecular weight excluding hydrogens is 528 g/mol. The van der Waals surface area contributed by atoms with Crippen LogP contribution in [0.15, 0.2) is 113 Å². The minimum atomic E-state index is 0. The fourth-order valence-corrected chi connectivity index (χ4v) is 7.87. The molecule has 6 aromatic rings. The van der Waals surface area contributed by atoms with E-state index in [1.165, 1.54) is 54.3 Å². The van der Waals surface area contributed by atoms with Crippen LogP contribution in [0.5, 0.6) is 0 Å². The molecule has 0 saturated carbocycles. The van der Waals surface area contributed by atoms with Gasteiger partial charge in [0.05, 0.1) is 0 Å². The predicted octanol–water partition coefficient (Wildman–Crippen LogP) is 10.8. The van der Waals surface area contributed by atoms with E-state index in [-0.39, 0.29) is 9.90 Å². The molecule has 1 atom stereocenters. The average Bonchev–Trinajstić information content (AvgIpc) is 3.67. The summed E-state index contributed by atoms with van der Waals surface area (Å²) < 4.78 is 0. The summed E-state index contributed by atoms with van der Waals surface area (Å²) in [5.74, 6) is 0. The molecule has 0 radical (unpaired) electrons. The molecule has 168 valence electrons. The monoisotopic (exact) mass is 548 g/mol. The number of rotatable bonds is 6. The Kier molecular flexibility index (Phi) is 7.50. The van der Waals surface area contributed by atoms with Crippen molar-refractivity contribution in [3.8, 4) is 44.5 Å². The molecule has 6 heteroatoms. The summed E-state index contributed by atoms with van der Waals surface area (Å²) in [7, 11) is 0. The van der Waals surface area contributed by atoms with Gasteiger partial charge in [0.1, 0.15) is 0 Å². The lowest BCUT2D eigenvalue weighted by molar-refractivity contribution is 1.40. The van der Waals surface area contributed by atoms with Crippen LogP contribution in [0.3, 0.4) is 0 Å². The first-order chi connectivity index (χ1) is 16.4. The quantitative estimate of drug-likeness (QED) is 0.187. The molecule has 0 N–H and O–H groups in total. The Bertz CT molecular complexity index is 1350. The van der Waals surface area contributed by atoms with Crippen LogP contribution in [0.4, 0.5) is 0 Å². The molecule has 1 unspecified atom stereocenters. The molecule has 0 bridgehead atoms.